The van der Waals surface area contributed by atoms with Crippen LogP contribution in [0.2, 0.25) is 0 Å². The second-order valence-electron chi connectivity index (χ2n) is 23.9. The summed E-state index contributed by atoms with van der Waals surface area (Å²) in [5, 5.41) is 23.4. The van der Waals surface area contributed by atoms with Gasteiger partial charge in [-0.2, -0.15) is 0 Å². The Morgan fingerprint density at radius 3 is 0.947 bits per heavy atom. The maximum absolute atomic E-state index is 12.5. The highest BCUT2D eigenvalue weighted by Gasteiger charge is 2.20. The molecule has 2 unspecified atom stereocenters. The third-order valence-corrected chi connectivity index (χ3v) is 16.3. The van der Waals surface area contributed by atoms with E-state index in [1.54, 1.807) is 0 Å². The van der Waals surface area contributed by atoms with Gasteiger partial charge < -0.3 is 20.3 Å². The summed E-state index contributed by atoms with van der Waals surface area (Å²) < 4.78 is 5.49. The standard InChI is InChI=1S/C69H135NO5/c1-3-5-7-9-11-13-15-17-19-20-27-30-34-37-41-45-49-53-57-61-67(72)66(65-71)70-68(73)62-58-54-50-46-42-38-35-31-28-25-23-21-22-24-26-29-32-36-40-44-48-52-56-60-64-75-69(74)63-59-55-51-47-43-39-33-18-16-14-12-10-8-6-4-2/h18,33,66-67,71-72H,3-17,19-32,34-65H2,1-2H3,(H,70,73)/b33-18-. The van der Waals surface area contributed by atoms with Gasteiger partial charge in [0.15, 0.2) is 0 Å². The maximum Gasteiger partial charge on any atom is 0.305 e. The number of nitrogens with one attached hydrogen (secondary N) is 1. The van der Waals surface area contributed by atoms with E-state index >= 15 is 0 Å². The molecule has 3 N–H and O–H groups in total. The summed E-state index contributed by atoms with van der Waals surface area (Å²) in [5.41, 5.74) is 0. The molecule has 0 aromatic carbocycles. The van der Waals surface area contributed by atoms with Gasteiger partial charge in [-0.1, -0.05) is 341 Å². The zero-order chi connectivity index (χ0) is 54.3. The number of unbranched alkanes of at least 4 members (excludes halogenated alkanes) is 52. The van der Waals surface area contributed by atoms with Gasteiger partial charge in [0, 0.05) is 12.8 Å². The highest BCUT2D eigenvalue weighted by Crippen LogP contribution is 2.19. The number of hydrogen-bond acceptors (Lipinski definition) is 5. The van der Waals surface area contributed by atoms with Crippen molar-refractivity contribution in [3.63, 3.8) is 0 Å². The second-order valence-corrected chi connectivity index (χ2v) is 23.9. The Balaban J connectivity index is 3.36. The molecule has 6 heteroatoms. The molecular formula is C69H135NO5. The fourth-order valence-corrected chi connectivity index (χ4v) is 11.1. The van der Waals surface area contributed by atoms with E-state index in [0.29, 0.717) is 25.9 Å². The summed E-state index contributed by atoms with van der Waals surface area (Å²) in [7, 11) is 0. The number of amides is 1. The van der Waals surface area contributed by atoms with Crippen molar-refractivity contribution in [1.29, 1.82) is 0 Å². The van der Waals surface area contributed by atoms with Crippen molar-refractivity contribution in [1.82, 2.24) is 5.32 Å². The van der Waals surface area contributed by atoms with Gasteiger partial charge in [-0.15, -0.1) is 0 Å². The summed E-state index contributed by atoms with van der Waals surface area (Å²) in [4.78, 5) is 24.6. The van der Waals surface area contributed by atoms with Crippen LogP contribution in [-0.4, -0.2) is 47.4 Å². The Kier molecular flexibility index (Phi) is 63.9. The van der Waals surface area contributed by atoms with Crippen LogP contribution >= 0.6 is 0 Å². The van der Waals surface area contributed by atoms with E-state index in [1.807, 2.05) is 0 Å². The van der Waals surface area contributed by atoms with Crippen molar-refractivity contribution in [2.24, 2.45) is 0 Å². The Bertz CT molecular complexity index is 1130. The van der Waals surface area contributed by atoms with Crippen molar-refractivity contribution >= 4 is 11.9 Å². The van der Waals surface area contributed by atoms with Crippen LogP contribution in [0.25, 0.3) is 0 Å². The number of aliphatic hydroxyl groups excluding tert-OH is 2. The summed E-state index contributed by atoms with van der Waals surface area (Å²) in [6.45, 7) is 4.98. The van der Waals surface area contributed by atoms with Crippen LogP contribution in [0.1, 0.15) is 393 Å². The van der Waals surface area contributed by atoms with Crippen molar-refractivity contribution in [3.05, 3.63) is 12.2 Å². The van der Waals surface area contributed by atoms with Crippen LogP contribution in [0, 0.1) is 0 Å². The quantitative estimate of drug-likeness (QED) is 0.0320. The van der Waals surface area contributed by atoms with E-state index in [1.165, 1.54) is 315 Å². The molecule has 1 amide bonds. The highest BCUT2D eigenvalue weighted by molar-refractivity contribution is 5.76. The Morgan fingerprint density at radius 2 is 0.627 bits per heavy atom. The molecule has 0 heterocycles. The van der Waals surface area contributed by atoms with Gasteiger partial charge in [-0.25, -0.2) is 0 Å². The number of carbonyl (C=O) groups is 2. The normalized spacial score (nSPS) is 12.5. The van der Waals surface area contributed by atoms with E-state index in [-0.39, 0.29) is 18.5 Å². The highest BCUT2D eigenvalue weighted by atomic mass is 16.5. The first-order chi connectivity index (χ1) is 37.0. The molecule has 0 bridgehead atoms. The first-order valence-corrected chi connectivity index (χ1v) is 34.4. The van der Waals surface area contributed by atoms with Crippen LogP contribution in [0.4, 0.5) is 0 Å². The molecule has 6 nitrogen and oxygen atoms in total. The lowest BCUT2D eigenvalue weighted by atomic mass is 10.0. The average Bonchev–Trinajstić information content (AvgIpc) is 3.41. The molecule has 2 atom stereocenters. The maximum atomic E-state index is 12.5. The molecule has 75 heavy (non-hydrogen) atoms. The van der Waals surface area contributed by atoms with Crippen molar-refractivity contribution in [3.8, 4) is 0 Å². The molecule has 0 aliphatic heterocycles. The molecule has 0 saturated carbocycles. The van der Waals surface area contributed by atoms with Crippen LogP contribution in [0.3, 0.4) is 0 Å². The molecule has 0 saturated heterocycles. The minimum absolute atomic E-state index is 0.00860. The predicted octanol–water partition coefficient (Wildman–Crippen LogP) is 22.0. The molecule has 0 rings (SSSR count). The molecule has 0 aromatic heterocycles. The van der Waals surface area contributed by atoms with Crippen LogP contribution < -0.4 is 5.32 Å². The Morgan fingerprint density at radius 1 is 0.360 bits per heavy atom. The third-order valence-electron chi connectivity index (χ3n) is 16.3. The fourth-order valence-electron chi connectivity index (χ4n) is 11.1. The summed E-state index contributed by atoms with van der Waals surface area (Å²) in [5.74, 6) is -0.0209. The number of carbonyl (C=O) groups excluding carboxylic acids is 2. The molecule has 0 radical (unpaired) electrons. The topological polar surface area (TPSA) is 95.9 Å². The molecular weight excluding hydrogens is 923 g/mol. The molecule has 446 valence electrons. The second kappa shape index (κ2) is 65.1. The monoisotopic (exact) mass is 1060 g/mol. The SMILES string of the molecule is CCCCCCCC/C=C\CCCCCCCC(=O)OCCCCCCCCCCCCCCCCCCCCCCCCCCC(=O)NC(CO)C(O)CCCCCCCCCCCCCCCCCCCCC. The smallest absolute Gasteiger partial charge is 0.305 e. The average molecular weight is 1060 g/mol. The predicted molar refractivity (Wildman–Crippen MR) is 329 cm³/mol. The Hall–Kier alpha value is -1.40. The number of aliphatic hydroxyl groups is 2. The zero-order valence-electron chi connectivity index (χ0n) is 51.1. The van der Waals surface area contributed by atoms with Crippen molar-refractivity contribution in [2.75, 3.05) is 13.2 Å². The molecule has 0 aliphatic carbocycles. The van der Waals surface area contributed by atoms with Gasteiger partial charge in [0.1, 0.15) is 0 Å². The number of ether oxygens (including phenoxy) is 1. The molecule has 0 aromatic rings. The van der Waals surface area contributed by atoms with Gasteiger partial charge in [0.05, 0.1) is 25.4 Å². The number of rotatable bonds is 65. The van der Waals surface area contributed by atoms with Crippen LogP contribution in [-0.2, 0) is 14.3 Å². The van der Waals surface area contributed by atoms with Crippen LogP contribution in [0.5, 0.6) is 0 Å². The molecule has 0 aliphatic rings. The van der Waals surface area contributed by atoms with E-state index in [4.69, 9.17) is 4.74 Å². The molecule has 0 fully saturated rings. The van der Waals surface area contributed by atoms with E-state index in [9.17, 15) is 19.8 Å². The summed E-state index contributed by atoms with van der Waals surface area (Å²) in [6.07, 6.45) is 79.6. The number of hydrogen-bond donors (Lipinski definition) is 3. The van der Waals surface area contributed by atoms with Gasteiger partial charge in [-0.05, 0) is 51.4 Å². The summed E-state index contributed by atoms with van der Waals surface area (Å²) >= 11 is 0. The van der Waals surface area contributed by atoms with Crippen molar-refractivity contribution in [2.45, 2.75) is 405 Å². The Labute approximate surface area is 469 Å². The third kappa shape index (κ3) is 61.7. The zero-order valence-corrected chi connectivity index (χ0v) is 51.1. The van der Waals surface area contributed by atoms with Crippen LogP contribution in [0.15, 0.2) is 12.2 Å². The number of allylic oxidation sites excluding steroid dienone is 2. The lowest BCUT2D eigenvalue weighted by molar-refractivity contribution is -0.143. The van der Waals surface area contributed by atoms with Gasteiger partial charge in [0.2, 0.25) is 5.91 Å². The van der Waals surface area contributed by atoms with Gasteiger partial charge in [-0.3, -0.25) is 9.59 Å². The first-order valence-electron chi connectivity index (χ1n) is 34.4. The van der Waals surface area contributed by atoms with Gasteiger partial charge >= 0.3 is 5.97 Å². The molecule has 0 spiro atoms. The lowest BCUT2D eigenvalue weighted by Gasteiger charge is -2.22. The van der Waals surface area contributed by atoms with E-state index in [2.05, 4.69) is 31.3 Å². The van der Waals surface area contributed by atoms with E-state index < -0.39 is 12.1 Å². The lowest BCUT2D eigenvalue weighted by Crippen LogP contribution is -2.45. The number of esters is 1. The largest absolute Gasteiger partial charge is 0.466 e. The van der Waals surface area contributed by atoms with Crippen molar-refractivity contribution < 1.29 is 24.5 Å². The fraction of sp³-hybridized carbons (Fsp3) is 0.942. The van der Waals surface area contributed by atoms with Gasteiger partial charge in [0.25, 0.3) is 0 Å². The van der Waals surface area contributed by atoms with E-state index in [0.717, 1.165) is 44.9 Å². The summed E-state index contributed by atoms with van der Waals surface area (Å²) in [6, 6.07) is -0.541. The minimum Gasteiger partial charge on any atom is -0.466 e. The first kappa shape index (κ1) is 73.6. The minimum atomic E-state index is -0.664.